The molecular weight excluding hydrogens is 125 g/mol. The summed E-state index contributed by atoms with van der Waals surface area (Å²) in [7, 11) is 1.73. The van der Waals surface area contributed by atoms with Gasteiger partial charge in [0.25, 0.3) is 5.87 Å². The quantitative estimate of drug-likeness (QED) is 0.500. The van der Waals surface area contributed by atoms with Crippen LogP contribution in [0, 0.1) is 0 Å². The molecule has 2 N–H and O–H groups in total. The zero-order valence-electron chi connectivity index (χ0n) is 4.75. The van der Waals surface area contributed by atoms with E-state index >= 15 is 0 Å². The van der Waals surface area contributed by atoms with E-state index in [1.54, 1.807) is 0 Å². The zero-order valence-corrected chi connectivity index (χ0v) is 4.75. The highest BCUT2D eigenvalue weighted by Gasteiger charge is 2.04. The van der Waals surface area contributed by atoms with E-state index in [2.05, 4.69) is 4.74 Å². The van der Waals surface area contributed by atoms with Gasteiger partial charge in [-0.25, -0.2) is 4.79 Å². The maximum Gasteiger partial charge on any atom is 0.395 e. The molecule has 0 unspecified atom stereocenters. The highest BCUT2D eigenvalue weighted by molar-refractivity contribution is 6.71. The summed E-state index contributed by atoms with van der Waals surface area (Å²) in [6.45, 7) is 0. The molecule has 5 nitrogen and oxygen atoms in total. The lowest BCUT2D eigenvalue weighted by Crippen LogP contribution is -2.31. The predicted molar refractivity (Wildman–Crippen MR) is 29.3 cm³/mol. The average Bonchev–Trinajstić information content (AvgIpc) is 1.83. The first-order valence-electron chi connectivity index (χ1n) is 2.07. The molecule has 0 saturated carbocycles. The van der Waals surface area contributed by atoms with Crippen molar-refractivity contribution in [3.05, 3.63) is 0 Å². The van der Waals surface area contributed by atoms with E-state index in [0.29, 0.717) is 7.41 Å². The van der Waals surface area contributed by atoms with E-state index in [4.69, 9.17) is 5.11 Å². The fraction of sp³-hybridized carbons (Fsp3) is 0.333. The van der Waals surface area contributed by atoms with Crippen LogP contribution >= 0.6 is 0 Å². The van der Waals surface area contributed by atoms with Crippen molar-refractivity contribution in [3.63, 3.8) is 0 Å². The van der Waals surface area contributed by atoms with Crippen LogP contribution in [-0.2, 0) is 4.74 Å². The molecule has 49 valence electrons. The van der Waals surface area contributed by atoms with E-state index in [9.17, 15) is 9.59 Å². The van der Waals surface area contributed by atoms with Gasteiger partial charge in [-0.05, 0) is 0 Å². The molecule has 0 atom stereocenters. The number of methoxy groups -OCH3 is 1. The molecule has 0 bridgehead atoms. The summed E-state index contributed by atoms with van der Waals surface area (Å²) in [6.07, 6.45) is -0.794. The van der Waals surface area contributed by atoms with Crippen LogP contribution in [0.1, 0.15) is 0 Å². The van der Waals surface area contributed by atoms with Gasteiger partial charge < -0.3 is 15.1 Å². The van der Waals surface area contributed by atoms with E-state index < -0.39 is 12.0 Å². The summed E-state index contributed by atoms with van der Waals surface area (Å²) in [6, 6.07) is 0. The number of rotatable bonds is 2. The molecule has 1 amide bonds. The van der Waals surface area contributed by atoms with Crippen LogP contribution in [-0.4, -0.2) is 31.6 Å². The van der Waals surface area contributed by atoms with E-state index in [1.807, 2.05) is 5.23 Å². The Kier molecular flexibility index (Phi) is 3.26. The molecule has 6 heteroatoms. The van der Waals surface area contributed by atoms with Gasteiger partial charge in [-0.15, -0.1) is 0 Å². The second-order valence-electron chi connectivity index (χ2n) is 1.12. The number of amides is 1. The number of ether oxygens (including phenoxy) is 1. The van der Waals surface area contributed by atoms with Gasteiger partial charge in [0.15, 0.2) is 0 Å². The maximum atomic E-state index is 10.1. The summed E-state index contributed by atoms with van der Waals surface area (Å²) in [5.74, 6) is -1.22. The summed E-state index contributed by atoms with van der Waals surface area (Å²) in [5.41, 5.74) is 0. The molecule has 0 saturated heterocycles. The number of carbonyl (C=O) groups is 2. The lowest BCUT2D eigenvalue weighted by atomic mass is 9.97. The normalized spacial score (nSPS) is 7.67. The van der Waals surface area contributed by atoms with Gasteiger partial charge in [0.2, 0.25) is 0 Å². The third kappa shape index (κ3) is 4.66. The molecule has 0 spiro atoms. The highest BCUT2D eigenvalue weighted by atomic mass is 16.5. The van der Waals surface area contributed by atoms with Crippen LogP contribution in [0.3, 0.4) is 0 Å². The Labute approximate surface area is 52.3 Å². The molecular formula is C3H5BNO4. The SMILES string of the molecule is COC(=O)N[B]C(=O)O. The van der Waals surface area contributed by atoms with Crippen LogP contribution in [0.15, 0.2) is 0 Å². The number of carboxylic acid groups (broad SMARTS) is 1. The third-order valence-electron chi connectivity index (χ3n) is 0.499. The third-order valence-corrected chi connectivity index (χ3v) is 0.499. The number of carbonyl (C=O) groups excluding carboxylic acids is 1. The van der Waals surface area contributed by atoms with Crippen molar-refractivity contribution in [2.24, 2.45) is 0 Å². The molecule has 0 aliphatic rings. The van der Waals surface area contributed by atoms with Gasteiger partial charge in [0, 0.05) is 0 Å². The lowest BCUT2D eigenvalue weighted by Gasteiger charge is -1.95. The fourth-order valence-corrected chi connectivity index (χ4v) is 0.180. The first kappa shape index (κ1) is 7.80. The predicted octanol–water partition coefficient (Wildman–Crippen LogP) is -0.360. The molecule has 0 aliphatic carbocycles. The standard InChI is InChI=1S/C3H5BNO4/c1-9-3(8)5-4-2(6)7/h1H3,(H,5,8)(H,6,7). The Balaban J connectivity index is 3.28. The van der Waals surface area contributed by atoms with E-state index in [0.717, 1.165) is 7.11 Å². The minimum absolute atomic E-state index is 0.589. The monoisotopic (exact) mass is 130 g/mol. The smallest absolute Gasteiger partial charge is 0.395 e. The number of hydrogen-bond acceptors (Lipinski definition) is 3. The molecule has 9 heavy (non-hydrogen) atoms. The van der Waals surface area contributed by atoms with Crippen molar-refractivity contribution in [1.29, 1.82) is 0 Å². The highest BCUT2D eigenvalue weighted by Crippen LogP contribution is 1.67. The van der Waals surface area contributed by atoms with Crippen molar-refractivity contribution in [1.82, 2.24) is 5.23 Å². The zero-order chi connectivity index (χ0) is 7.28. The Hall–Kier alpha value is -1.20. The second-order valence-corrected chi connectivity index (χ2v) is 1.12. The molecule has 0 aromatic rings. The first-order chi connectivity index (χ1) is 4.16. The van der Waals surface area contributed by atoms with Crippen LogP contribution < -0.4 is 5.23 Å². The molecule has 0 aliphatic heterocycles. The van der Waals surface area contributed by atoms with Crippen LogP contribution in [0.2, 0.25) is 0 Å². The minimum atomic E-state index is -1.22. The van der Waals surface area contributed by atoms with Crippen molar-refractivity contribution >= 4 is 19.4 Å². The lowest BCUT2D eigenvalue weighted by molar-refractivity contribution is 0.177. The van der Waals surface area contributed by atoms with Crippen molar-refractivity contribution in [3.8, 4) is 0 Å². The van der Waals surface area contributed by atoms with Gasteiger partial charge in [-0.1, -0.05) is 0 Å². The number of hydrogen-bond donors (Lipinski definition) is 2. The summed E-state index contributed by atoms with van der Waals surface area (Å²) in [5, 5.41) is 9.78. The molecule has 0 heterocycles. The Morgan fingerprint density at radius 2 is 2.22 bits per heavy atom. The Morgan fingerprint density at radius 3 is 2.56 bits per heavy atom. The number of nitrogens with one attached hydrogen (secondary N) is 1. The minimum Gasteiger partial charge on any atom is -0.488 e. The van der Waals surface area contributed by atoms with E-state index in [1.165, 1.54) is 0 Å². The fourth-order valence-electron chi connectivity index (χ4n) is 0.180. The average molecular weight is 130 g/mol. The van der Waals surface area contributed by atoms with Gasteiger partial charge in [-0.2, -0.15) is 0 Å². The van der Waals surface area contributed by atoms with Gasteiger partial charge in [-0.3, -0.25) is 4.79 Å². The Morgan fingerprint density at radius 1 is 1.67 bits per heavy atom. The summed E-state index contributed by atoms with van der Waals surface area (Å²) in [4.78, 5) is 19.8. The molecule has 0 aromatic heterocycles. The molecule has 0 rings (SSSR count). The van der Waals surface area contributed by atoms with Crippen molar-refractivity contribution < 1.29 is 19.4 Å². The van der Waals surface area contributed by atoms with Gasteiger partial charge >= 0.3 is 13.5 Å². The van der Waals surface area contributed by atoms with Crippen LogP contribution in [0.25, 0.3) is 0 Å². The van der Waals surface area contributed by atoms with Crippen molar-refractivity contribution in [2.45, 2.75) is 0 Å². The van der Waals surface area contributed by atoms with E-state index in [-0.39, 0.29) is 0 Å². The van der Waals surface area contributed by atoms with Crippen LogP contribution in [0.5, 0.6) is 0 Å². The van der Waals surface area contributed by atoms with Crippen molar-refractivity contribution in [2.75, 3.05) is 7.11 Å². The maximum absolute atomic E-state index is 10.1. The Bertz CT molecular complexity index is 125. The second kappa shape index (κ2) is 3.76. The summed E-state index contributed by atoms with van der Waals surface area (Å²) >= 11 is 0. The van der Waals surface area contributed by atoms with Gasteiger partial charge in [0.05, 0.1) is 7.11 Å². The van der Waals surface area contributed by atoms with Crippen LogP contribution in [0.4, 0.5) is 9.59 Å². The summed E-state index contributed by atoms with van der Waals surface area (Å²) < 4.78 is 4.06. The molecule has 1 radical (unpaired) electrons. The molecule has 0 fully saturated rings. The molecule has 0 aromatic carbocycles. The van der Waals surface area contributed by atoms with Gasteiger partial charge in [0.1, 0.15) is 0 Å². The topological polar surface area (TPSA) is 75.6 Å². The first-order valence-corrected chi connectivity index (χ1v) is 2.07. The largest absolute Gasteiger partial charge is 0.488 e.